The lowest BCUT2D eigenvalue weighted by Gasteiger charge is -2.42. The van der Waals surface area contributed by atoms with Gasteiger partial charge in [0.15, 0.2) is 0 Å². The van der Waals surface area contributed by atoms with Gasteiger partial charge >= 0.3 is 0 Å². The molecular weight excluding hydrogens is 244 g/mol. The van der Waals surface area contributed by atoms with Gasteiger partial charge in [-0.3, -0.25) is 4.79 Å². The minimum atomic E-state index is -0.102. The molecule has 2 aliphatic rings. The molecule has 0 aromatic carbocycles. The van der Waals surface area contributed by atoms with E-state index in [1.54, 1.807) is 0 Å². The molecule has 0 spiro atoms. The Morgan fingerprint density at radius 2 is 2.39 bits per heavy atom. The fraction of sp³-hybridized carbons (Fsp3) is 0.929. The maximum Gasteiger partial charge on any atom is 0.230 e. The van der Waals surface area contributed by atoms with E-state index in [1.807, 2.05) is 11.8 Å². The maximum absolute atomic E-state index is 12.9. The zero-order valence-corrected chi connectivity index (χ0v) is 12.5. The van der Waals surface area contributed by atoms with Crippen LogP contribution in [0.15, 0.2) is 0 Å². The normalized spacial score (nSPS) is 33.4. The summed E-state index contributed by atoms with van der Waals surface area (Å²) in [4.78, 5) is 15.0. The van der Waals surface area contributed by atoms with Crippen molar-refractivity contribution in [1.29, 1.82) is 0 Å². The number of hydrogen-bond acceptors (Lipinski definition) is 3. The van der Waals surface area contributed by atoms with Crippen LogP contribution in [0.25, 0.3) is 0 Å². The Labute approximate surface area is 115 Å². The molecular formula is C14H26N2OS. The molecule has 2 atom stereocenters. The molecule has 3 nitrogen and oxygen atoms in total. The van der Waals surface area contributed by atoms with Crippen molar-refractivity contribution in [2.75, 3.05) is 31.9 Å². The standard InChI is InChI=1S/C14H26N2OS/c1-3-5-14(6-4-7-15-11-14)13(17)16-8-9-18-12(2)10-16/h12,15H,3-11H2,1-2H3. The number of rotatable bonds is 3. The maximum atomic E-state index is 12.9. The molecule has 1 amide bonds. The molecule has 0 aromatic heterocycles. The van der Waals surface area contributed by atoms with E-state index in [0.29, 0.717) is 11.2 Å². The topological polar surface area (TPSA) is 32.3 Å². The van der Waals surface area contributed by atoms with Crippen LogP contribution in [0.5, 0.6) is 0 Å². The minimum absolute atomic E-state index is 0.102. The number of nitrogens with zero attached hydrogens (tertiary/aromatic N) is 1. The summed E-state index contributed by atoms with van der Waals surface area (Å²) in [5.41, 5.74) is -0.102. The van der Waals surface area contributed by atoms with Crippen molar-refractivity contribution < 1.29 is 4.79 Å². The Balaban J connectivity index is 2.07. The first-order valence-corrected chi connectivity index (χ1v) is 8.34. The Morgan fingerprint density at radius 1 is 1.56 bits per heavy atom. The zero-order chi connectivity index (χ0) is 13.0. The average molecular weight is 270 g/mol. The first kappa shape index (κ1) is 14.2. The molecule has 2 rings (SSSR count). The molecule has 18 heavy (non-hydrogen) atoms. The summed E-state index contributed by atoms with van der Waals surface area (Å²) in [6.45, 7) is 8.27. The van der Waals surface area contributed by atoms with Crippen LogP contribution in [0.4, 0.5) is 0 Å². The summed E-state index contributed by atoms with van der Waals surface area (Å²) >= 11 is 1.99. The van der Waals surface area contributed by atoms with Gasteiger partial charge in [0.2, 0.25) is 5.91 Å². The highest BCUT2D eigenvalue weighted by atomic mass is 32.2. The third-order valence-corrected chi connectivity index (χ3v) is 5.32. The van der Waals surface area contributed by atoms with Gasteiger partial charge in [-0.25, -0.2) is 0 Å². The number of nitrogens with one attached hydrogen (secondary N) is 1. The average Bonchev–Trinajstić information content (AvgIpc) is 2.39. The van der Waals surface area contributed by atoms with Crippen LogP contribution in [0.2, 0.25) is 0 Å². The van der Waals surface area contributed by atoms with Crippen LogP contribution in [-0.2, 0) is 4.79 Å². The van der Waals surface area contributed by atoms with E-state index < -0.39 is 0 Å². The van der Waals surface area contributed by atoms with Gasteiger partial charge in [-0.1, -0.05) is 20.3 Å². The molecule has 2 fully saturated rings. The Morgan fingerprint density at radius 3 is 3.00 bits per heavy atom. The van der Waals surface area contributed by atoms with Crippen LogP contribution in [-0.4, -0.2) is 48.0 Å². The monoisotopic (exact) mass is 270 g/mol. The van der Waals surface area contributed by atoms with Crippen molar-refractivity contribution in [3.8, 4) is 0 Å². The van der Waals surface area contributed by atoms with Crippen molar-refractivity contribution in [3.63, 3.8) is 0 Å². The first-order chi connectivity index (χ1) is 8.68. The quantitative estimate of drug-likeness (QED) is 0.852. The van der Waals surface area contributed by atoms with Gasteiger partial charge in [0.05, 0.1) is 5.41 Å². The smallest absolute Gasteiger partial charge is 0.230 e. The third-order valence-electron chi connectivity index (χ3n) is 4.18. The Bertz CT molecular complexity index is 284. The van der Waals surface area contributed by atoms with E-state index in [-0.39, 0.29) is 5.41 Å². The highest BCUT2D eigenvalue weighted by molar-refractivity contribution is 7.99. The van der Waals surface area contributed by atoms with E-state index in [1.165, 1.54) is 0 Å². The van der Waals surface area contributed by atoms with Gasteiger partial charge in [0, 0.05) is 30.6 Å². The molecule has 0 bridgehead atoms. The van der Waals surface area contributed by atoms with Crippen molar-refractivity contribution in [2.45, 2.75) is 44.8 Å². The van der Waals surface area contributed by atoms with Crippen molar-refractivity contribution in [1.82, 2.24) is 10.2 Å². The molecule has 1 N–H and O–H groups in total. The summed E-state index contributed by atoms with van der Waals surface area (Å²) in [7, 11) is 0. The van der Waals surface area contributed by atoms with Gasteiger partial charge < -0.3 is 10.2 Å². The number of thioether (sulfide) groups is 1. The molecule has 104 valence electrons. The number of carbonyl (C=O) groups excluding carboxylic acids is 1. The molecule has 2 aliphatic heterocycles. The van der Waals surface area contributed by atoms with Gasteiger partial charge in [-0.15, -0.1) is 0 Å². The molecule has 2 saturated heterocycles. The number of hydrogen-bond donors (Lipinski definition) is 1. The molecule has 2 unspecified atom stereocenters. The SMILES string of the molecule is CCCC1(C(=O)N2CCSC(C)C2)CCCNC1. The Kier molecular flexibility index (Phi) is 4.96. The number of amides is 1. The lowest BCUT2D eigenvalue weighted by Crippen LogP contribution is -2.54. The summed E-state index contributed by atoms with van der Waals surface area (Å²) in [6.07, 6.45) is 4.36. The van der Waals surface area contributed by atoms with E-state index in [2.05, 4.69) is 24.1 Å². The van der Waals surface area contributed by atoms with Crippen molar-refractivity contribution in [2.24, 2.45) is 5.41 Å². The first-order valence-electron chi connectivity index (χ1n) is 7.30. The second kappa shape index (κ2) is 6.29. The van der Waals surface area contributed by atoms with Crippen molar-refractivity contribution in [3.05, 3.63) is 0 Å². The summed E-state index contributed by atoms with van der Waals surface area (Å²) in [6, 6.07) is 0. The van der Waals surface area contributed by atoms with Crippen LogP contribution >= 0.6 is 11.8 Å². The van der Waals surface area contributed by atoms with Crippen LogP contribution in [0, 0.1) is 5.41 Å². The van der Waals surface area contributed by atoms with Gasteiger partial charge in [-0.05, 0) is 25.8 Å². The van der Waals surface area contributed by atoms with E-state index >= 15 is 0 Å². The zero-order valence-electron chi connectivity index (χ0n) is 11.7. The van der Waals surface area contributed by atoms with Crippen LogP contribution in [0.1, 0.15) is 39.5 Å². The number of carbonyl (C=O) groups is 1. The van der Waals surface area contributed by atoms with Gasteiger partial charge in [-0.2, -0.15) is 11.8 Å². The fourth-order valence-electron chi connectivity index (χ4n) is 3.29. The minimum Gasteiger partial charge on any atom is -0.340 e. The molecule has 0 radical (unpaired) electrons. The fourth-order valence-corrected chi connectivity index (χ4v) is 4.30. The molecule has 0 saturated carbocycles. The predicted octanol–water partition coefficient (Wildman–Crippen LogP) is 2.12. The van der Waals surface area contributed by atoms with E-state index in [4.69, 9.17) is 0 Å². The summed E-state index contributed by atoms with van der Waals surface area (Å²) in [5.74, 6) is 1.52. The molecule has 0 aliphatic carbocycles. The molecule has 4 heteroatoms. The van der Waals surface area contributed by atoms with Gasteiger partial charge in [0.1, 0.15) is 0 Å². The summed E-state index contributed by atoms with van der Waals surface area (Å²) in [5, 5.41) is 4.03. The largest absolute Gasteiger partial charge is 0.340 e. The van der Waals surface area contributed by atoms with Gasteiger partial charge in [0.25, 0.3) is 0 Å². The molecule has 0 aromatic rings. The third kappa shape index (κ3) is 3.02. The lowest BCUT2D eigenvalue weighted by molar-refractivity contribution is -0.143. The van der Waals surface area contributed by atoms with E-state index in [0.717, 1.165) is 57.6 Å². The van der Waals surface area contributed by atoms with Crippen LogP contribution in [0.3, 0.4) is 0 Å². The molecule has 2 heterocycles. The summed E-state index contributed by atoms with van der Waals surface area (Å²) < 4.78 is 0. The van der Waals surface area contributed by atoms with Crippen LogP contribution < -0.4 is 5.32 Å². The number of piperidine rings is 1. The highest BCUT2D eigenvalue weighted by Gasteiger charge is 2.41. The van der Waals surface area contributed by atoms with Crippen molar-refractivity contribution >= 4 is 17.7 Å². The Hall–Kier alpha value is -0.220. The lowest BCUT2D eigenvalue weighted by atomic mass is 9.75. The highest BCUT2D eigenvalue weighted by Crippen LogP contribution is 2.35. The second-order valence-electron chi connectivity index (χ2n) is 5.74. The predicted molar refractivity (Wildman–Crippen MR) is 77.9 cm³/mol. The van der Waals surface area contributed by atoms with E-state index in [9.17, 15) is 4.79 Å². The second-order valence-corrected chi connectivity index (χ2v) is 7.29.